The van der Waals surface area contributed by atoms with Crippen molar-refractivity contribution in [2.24, 2.45) is 0 Å². The van der Waals surface area contributed by atoms with Crippen molar-refractivity contribution >= 4 is 17.1 Å². The minimum atomic E-state index is -1.36. The molecule has 1 aromatic rings. The number of hydrogen-bond acceptors (Lipinski definition) is 4. The van der Waals surface area contributed by atoms with Crippen LogP contribution in [0.1, 0.15) is 18.4 Å². The predicted molar refractivity (Wildman–Crippen MR) is 71.3 cm³/mol. The van der Waals surface area contributed by atoms with Crippen molar-refractivity contribution in [3.8, 4) is 0 Å². The summed E-state index contributed by atoms with van der Waals surface area (Å²) in [7, 11) is 0. The topological polar surface area (TPSA) is 101 Å². The van der Waals surface area contributed by atoms with Crippen LogP contribution in [0.25, 0.3) is 0 Å². The number of carboxylic acids is 1. The number of aliphatic hydroxyl groups excluding tert-OH is 2. The molecule has 19 heavy (non-hydrogen) atoms. The number of rotatable bonds is 7. The van der Waals surface area contributed by atoms with Gasteiger partial charge in [0.2, 0.25) is 0 Å². The van der Waals surface area contributed by atoms with Crippen molar-refractivity contribution in [1.82, 2.24) is 0 Å². The van der Waals surface area contributed by atoms with Crippen molar-refractivity contribution in [2.45, 2.75) is 36.9 Å². The zero-order valence-electron chi connectivity index (χ0n) is 10.7. The molecule has 3 N–H and O–H groups in total. The molecule has 0 radical (unpaired) electrons. The molecule has 0 amide bonds. The standard InChI is InChI=1S/C13H18O5S/c1-9-2-4-12(5-3-9)19(18)8-11(15)6-10(14)7-13(16)17/h2-5,10-11,14-15H,6-8H2,1H3,(H,16,17)/t10-,11-,19?/m0/s1. The molecule has 0 bridgehead atoms. The number of carbonyl (C=O) groups is 1. The van der Waals surface area contributed by atoms with Gasteiger partial charge in [0.05, 0.1) is 12.5 Å². The highest BCUT2D eigenvalue weighted by molar-refractivity contribution is 7.91. The van der Waals surface area contributed by atoms with Gasteiger partial charge in [0, 0.05) is 6.42 Å². The molecular formula is C13H18O5S. The van der Waals surface area contributed by atoms with Crippen LogP contribution in [-0.4, -0.2) is 43.8 Å². The Morgan fingerprint density at radius 2 is 1.84 bits per heavy atom. The van der Waals surface area contributed by atoms with Gasteiger partial charge in [0.1, 0.15) is 11.9 Å². The normalized spacial score (nSPS) is 15.8. The molecular weight excluding hydrogens is 268 g/mol. The average molecular weight is 286 g/mol. The van der Waals surface area contributed by atoms with Crippen LogP contribution < -0.4 is 0 Å². The molecule has 1 rings (SSSR count). The minimum Gasteiger partial charge on any atom is -0.611 e. The van der Waals surface area contributed by atoms with Crippen molar-refractivity contribution in [3.05, 3.63) is 29.8 Å². The zero-order valence-corrected chi connectivity index (χ0v) is 11.5. The SMILES string of the molecule is Cc1ccc([S+]([O-])C[C@@H](O)C[C@H](O)CC(=O)O)cc1. The number of hydrogen-bond donors (Lipinski definition) is 3. The Bertz CT molecular complexity index is 406. The van der Waals surface area contributed by atoms with Crippen molar-refractivity contribution in [2.75, 3.05) is 5.75 Å². The fourth-order valence-corrected chi connectivity index (χ4v) is 2.75. The van der Waals surface area contributed by atoms with Crippen LogP contribution in [0.3, 0.4) is 0 Å². The lowest BCUT2D eigenvalue weighted by molar-refractivity contribution is -0.139. The Hall–Kier alpha value is -1.08. The fraction of sp³-hybridized carbons (Fsp3) is 0.462. The van der Waals surface area contributed by atoms with E-state index in [0.29, 0.717) is 4.90 Å². The van der Waals surface area contributed by atoms with Gasteiger partial charge < -0.3 is 19.9 Å². The predicted octanol–water partition coefficient (Wildman–Crippen LogP) is 0.689. The van der Waals surface area contributed by atoms with Gasteiger partial charge in [-0.05, 0) is 30.2 Å². The molecule has 0 saturated carbocycles. The number of aryl methyl sites for hydroxylation is 1. The molecule has 0 aliphatic carbocycles. The first-order valence-electron chi connectivity index (χ1n) is 5.91. The summed E-state index contributed by atoms with van der Waals surface area (Å²) in [5.74, 6) is -1.14. The summed E-state index contributed by atoms with van der Waals surface area (Å²) in [6.07, 6.45) is -2.63. The van der Waals surface area contributed by atoms with Crippen LogP contribution in [-0.2, 0) is 16.0 Å². The smallest absolute Gasteiger partial charge is 0.305 e. The van der Waals surface area contributed by atoms with Crippen molar-refractivity contribution < 1.29 is 24.7 Å². The molecule has 0 aliphatic heterocycles. The maximum Gasteiger partial charge on any atom is 0.305 e. The number of carboxylic acid groups (broad SMARTS) is 1. The van der Waals surface area contributed by atoms with E-state index in [2.05, 4.69) is 0 Å². The third-order valence-corrected chi connectivity index (χ3v) is 4.07. The summed E-state index contributed by atoms with van der Waals surface area (Å²) in [6, 6.07) is 7.12. The first kappa shape index (κ1) is 16.0. The van der Waals surface area contributed by atoms with Gasteiger partial charge in [-0.2, -0.15) is 0 Å². The average Bonchev–Trinajstić information content (AvgIpc) is 2.27. The lowest BCUT2D eigenvalue weighted by atomic mass is 10.1. The minimum absolute atomic E-state index is 0.0141. The highest BCUT2D eigenvalue weighted by Crippen LogP contribution is 2.15. The molecule has 106 valence electrons. The fourth-order valence-electron chi connectivity index (χ4n) is 1.63. The van der Waals surface area contributed by atoms with E-state index in [0.717, 1.165) is 5.56 Å². The van der Waals surface area contributed by atoms with Crippen LogP contribution in [0.5, 0.6) is 0 Å². The summed E-state index contributed by atoms with van der Waals surface area (Å²) in [6.45, 7) is 1.92. The molecule has 0 saturated heterocycles. The third kappa shape index (κ3) is 6.07. The second-order valence-corrected chi connectivity index (χ2v) is 5.96. The van der Waals surface area contributed by atoms with Crippen molar-refractivity contribution in [1.29, 1.82) is 0 Å². The summed E-state index contributed by atoms with van der Waals surface area (Å²) >= 11 is -1.36. The van der Waals surface area contributed by atoms with Gasteiger partial charge in [0.25, 0.3) is 0 Å². The Labute approximate surface area is 115 Å². The molecule has 0 aliphatic rings. The van der Waals surface area contributed by atoms with Gasteiger partial charge in [-0.15, -0.1) is 0 Å². The summed E-state index contributed by atoms with van der Waals surface area (Å²) in [4.78, 5) is 11.0. The van der Waals surface area contributed by atoms with Crippen LogP contribution in [0.2, 0.25) is 0 Å². The van der Waals surface area contributed by atoms with E-state index in [4.69, 9.17) is 5.11 Å². The molecule has 0 heterocycles. The first-order valence-corrected chi connectivity index (χ1v) is 7.23. The van der Waals surface area contributed by atoms with E-state index in [9.17, 15) is 19.6 Å². The Balaban J connectivity index is 2.45. The highest BCUT2D eigenvalue weighted by atomic mass is 32.2. The molecule has 0 spiro atoms. The number of aliphatic carboxylic acids is 1. The van der Waals surface area contributed by atoms with E-state index in [-0.39, 0.29) is 12.2 Å². The second-order valence-electron chi connectivity index (χ2n) is 4.47. The Morgan fingerprint density at radius 3 is 2.37 bits per heavy atom. The maximum absolute atomic E-state index is 11.9. The lowest BCUT2D eigenvalue weighted by Crippen LogP contribution is -2.27. The monoisotopic (exact) mass is 286 g/mol. The number of benzene rings is 1. The van der Waals surface area contributed by atoms with Gasteiger partial charge in [-0.3, -0.25) is 4.79 Å². The van der Waals surface area contributed by atoms with Gasteiger partial charge >= 0.3 is 5.97 Å². The van der Waals surface area contributed by atoms with Crippen LogP contribution in [0.4, 0.5) is 0 Å². The van der Waals surface area contributed by atoms with E-state index < -0.39 is 35.8 Å². The summed E-state index contributed by atoms with van der Waals surface area (Å²) in [5.41, 5.74) is 1.05. The molecule has 5 nitrogen and oxygen atoms in total. The van der Waals surface area contributed by atoms with Crippen LogP contribution in [0.15, 0.2) is 29.2 Å². The Morgan fingerprint density at radius 1 is 1.26 bits per heavy atom. The molecule has 1 aromatic carbocycles. The second kappa shape index (κ2) is 7.49. The number of aliphatic hydroxyl groups is 2. The van der Waals surface area contributed by atoms with E-state index in [1.54, 1.807) is 12.1 Å². The van der Waals surface area contributed by atoms with Gasteiger partial charge in [-0.25, -0.2) is 0 Å². The molecule has 6 heteroatoms. The quantitative estimate of drug-likeness (QED) is 0.640. The summed E-state index contributed by atoms with van der Waals surface area (Å²) in [5, 5.41) is 27.5. The van der Waals surface area contributed by atoms with Gasteiger partial charge in [-0.1, -0.05) is 17.7 Å². The molecule has 1 unspecified atom stereocenters. The summed E-state index contributed by atoms with van der Waals surface area (Å²) < 4.78 is 11.9. The van der Waals surface area contributed by atoms with E-state index in [1.165, 1.54) is 0 Å². The third-order valence-electron chi connectivity index (χ3n) is 2.58. The van der Waals surface area contributed by atoms with Crippen LogP contribution in [0, 0.1) is 6.92 Å². The zero-order chi connectivity index (χ0) is 14.4. The van der Waals surface area contributed by atoms with Crippen LogP contribution >= 0.6 is 0 Å². The van der Waals surface area contributed by atoms with Crippen molar-refractivity contribution in [3.63, 3.8) is 0 Å². The lowest BCUT2D eigenvalue weighted by Gasteiger charge is -2.17. The largest absolute Gasteiger partial charge is 0.611 e. The Kier molecular flexibility index (Phi) is 6.30. The highest BCUT2D eigenvalue weighted by Gasteiger charge is 2.21. The van der Waals surface area contributed by atoms with E-state index in [1.807, 2.05) is 19.1 Å². The molecule has 0 fully saturated rings. The van der Waals surface area contributed by atoms with E-state index >= 15 is 0 Å². The maximum atomic E-state index is 11.9. The molecule has 3 atom stereocenters. The molecule has 0 aromatic heterocycles. The first-order chi connectivity index (χ1) is 8.88. The van der Waals surface area contributed by atoms with Gasteiger partial charge in [0.15, 0.2) is 4.90 Å².